The highest BCUT2D eigenvalue weighted by Gasteiger charge is 2.36. The van der Waals surface area contributed by atoms with Gasteiger partial charge in [0.2, 0.25) is 10.1 Å². The molecule has 1 unspecified atom stereocenters. The van der Waals surface area contributed by atoms with E-state index in [0.29, 0.717) is 0 Å². The fraction of sp³-hybridized carbons (Fsp3) is 0.250. The first kappa shape index (κ1) is 16.1. The third-order valence-corrected chi connectivity index (χ3v) is 3.26. The van der Waals surface area contributed by atoms with Crippen molar-refractivity contribution >= 4 is 22.4 Å². The Bertz CT molecular complexity index is 674. The van der Waals surface area contributed by atoms with Crippen LogP contribution in [0.5, 0.6) is 5.75 Å². The minimum atomic E-state index is -4.62. The molecule has 2 aromatic rings. The van der Waals surface area contributed by atoms with Gasteiger partial charge < -0.3 is 4.74 Å². The number of anilines is 1. The van der Waals surface area contributed by atoms with Crippen molar-refractivity contribution in [1.29, 1.82) is 0 Å². The molecule has 0 aliphatic rings. The zero-order chi connectivity index (χ0) is 16.3. The van der Waals surface area contributed by atoms with E-state index in [1.165, 1.54) is 25.1 Å². The molecule has 0 saturated heterocycles. The van der Waals surface area contributed by atoms with Crippen LogP contribution in [0.4, 0.5) is 22.7 Å². The first-order valence-electron chi connectivity index (χ1n) is 5.89. The van der Waals surface area contributed by atoms with Gasteiger partial charge in [0.1, 0.15) is 11.6 Å². The molecule has 1 aromatic carbocycles. The second kappa shape index (κ2) is 6.26. The number of benzene rings is 1. The average Bonchev–Trinajstić information content (AvgIpc) is 2.87. The van der Waals surface area contributed by atoms with Gasteiger partial charge in [-0.25, -0.2) is 4.39 Å². The Morgan fingerprint density at radius 2 is 2.09 bits per heavy atom. The van der Waals surface area contributed by atoms with E-state index in [0.717, 1.165) is 6.07 Å². The third-order valence-electron chi connectivity index (χ3n) is 2.38. The fourth-order valence-corrected chi connectivity index (χ4v) is 2.01. The van der Waals surface area contributed by atoms with Crippen LogP contribution in [0.15, 0.2) is 24.3 Å². The Morgan fingerprint density at radius 3 is 2.68 bits per heavy atom. The molecular formula is C12H9F4N3O2S. The molecule has 1 N–H and O–H groups in total. The summed E-state index contributed by atoms with van der Waals surface area (Å²) in [6.45, 7) is 1.37. The van der Waals surface area contributed by atoms with Crippen molar-refractivity contribution in [3.8, 4) is 5.75 Å². The van der Waals surface area contributed by atoms with E-state index in [1.807, 2.05) is 0 Å². The number of carbonyl (C=O) groups is 1. The monoisotopic (exact) mass is 335 g/mol. The smallest absolute Gasteiger partial charge is 0.445 e. The molecular weight excluding hydrogens is 326 g/mol. The molecule has 1 heterocycles. The summed E-state index contributed by atoms with van der Waals surface area (Å²) in [6.07, 6.45) is -5.68. The molecule has 118 valence electrons. The Morgan fingerprint density at radius 1 is 1.36 bits per heavy atom. The number of amides is 1. The average molecular weight is 335 g/mol. The summed E-state index contributed by atoms with van der Waals surface area (Å²) in [7, 11) is 0. The zero-order valence-electron chi connectivity index (χ0n) is 11.0. The second-order valence-corrected chi connectivity index (χ2v) is 5.09. The number of hydrogen-bond acceptors (Lipinski definition) is 5. The fourth-order valence-electron chi connectivity index (χ4n) is 1.39. The van der Waals surface area contributed by atoms with E-state index >= 15 is 0 Å². The maximum atomic E-state index is 13.0. The van der Waals surface area contributed by atoms with Crippen LogP contribution in [0.25, 0.3) is 0 Å². The van der Waals surface area contributed by atoms with Crippen molar-refractivity contribution in [2.75, 3.05) is 5.32 Å². The molecule has 0 aliphatic carbocycles. The molecule has 0 saturated carbocycles. The lowest BCUT2D eigenvalue weighted by atomic mass is 10.3. The number of carbonyl (C=O) groups excluding carboxylic acids is 1. The molecule has 5 nitrogen and oxygen atoms in total. The quantitative estimate of drug-likeness (QED) is 0.872. The Hall–Kier alpha value is -2.23. The summed E-state index contributed by atoms with van der Waals surface area (Å²) in [5.41, 5.74) is 0. The molecule has 2 rings (SSSR count). The van der Waals surface area contributed by atoms with E-state index in [1.54, 1.807) is 0 Å². The van der Waals surface area contributed by atoms with Gasteiger partial charge in [-0.1, -0.05) is 17.4 Å². The number of rotatable bonds is 4. The first-order chi connectivity index (χ1) is 10.3. The van der Waals surface area contributed by atoms with Gasteiger partial charge in [-0.3, -0.25) is 10.1 Å². The predicted octanol–water partition coefficient (Wildman–Crippen LogP) is 3.10. The molecule has 0 bridgehead atoms. The van der Waals surface area contributed by atoms with Gasteiger partial charge >= 0.3 is 6.18 Å². The molecule has 0 radical (unpaired) electrons. The lowest BCUT2D eigenvalue weighted by molar-refractivity contribution is -0.138. The van der Waals surface area contributed by atoms with E-state index in [4.69, 9.17) is 4.74 Å². The van der Waals surface area contributed by atoms with Crippen LogP contribution >= 0.6 is 11.3 Å². The van der Waals surface area contributed by atoms with Crippen LogP contribution < -0.4 is 10.1 Å². The summed E-state index contributed by atoms with van der Waals surface area (Å²) < 4.78 is 55.2. The zero-order valence-corrected chi connectivity index (χ0v) is 11.8. The highest BCUT2D eigenvalue weighted by Crippen LogP contribution is 2.33. The van der Waals surface area contributed by atoms with Crippen LogP contribution in [-0.2, 0) is 11.0 Å². The van der Waals surface area contributed by atoms with Crippen molar-refractivity contribution in [2.24, 2.45) is 0 Å². The second-order valence-electron chi connectivity index (χ2n) is 4.12. The number of aromatic nitrogens is 2. The summed E-state index contributed by atoms with van der Waals surface area (Å²) >= 11 is 0.200. The number of halogens is 4. The van der Waals surface area contributed by atoms with Crippen LogP contribution in [0, 0.1) is 5.82 Å². The molecule has 1 aromatic heterocycles. The van der Waals surface area contributed by atoms with Gasteiger partial charge in [0, 0.05) is 6.07 Å². The number of hydrogen-bond donors (Lipinski definition) is 1. The molecule has 0 spiro atoms. The standard InChI is InChI=1S/C12H9F4N3O2S/c1-6(21-8-4-2-3-7(13)5-8)9(20)17-11-19-18-10(22-11)12(14,15)16/h2-6H,1H3,(H,17,19,20). The van der Waals surface area contributed by atoms with Crippen molar-refractivity contribution in [3.63, 3.8) is 0 Å². The number of alkyl halides is 3. The van der Waals surface area contributed by atoms with Gasteiger partial charge in [-0.05, 0) is 19.1 Å². The maximum Gasteiger partial charge on any atom is 0.445 e. The number of ether oxygens (including phenoxy) is 1. The van der Waals surface area contributed by atoms with E-state index < -0.39 is 29.0 Å². The molecule has 0 aliphatic heterocycles. The van der Waals surface area contributed by atoms with Crippen LogP contribution in [0.1, 0.15) is 11.9 Å². The van der Waals surface area contributed by atoms with Crippen molar-refractivity contribution < 1.29 is 27.1 Å². The molecule has 10 heteroatoms. The highest BCUT2D eigenvalue weighted by molar-refractivity contribution is 7.15. The summed E-state index contributed by atoms with van der Waals surface area (Å²) in [6, 6.07) is 5.13. The minimum Gasteiger partial charge on any atom is -0.481 e. The molecule has 1 amide bonds. The van der Waals surface area contributed by atoms with Crippen LogP contribution in [0.3, 0.4) is 0 Å². The van der Waals surface area contributed by atoms with Crippen LogP contribution in [0.2, 0.25) is 0 Å². The van der Waals surface area contributed by atoms with Crippen molar-refractivity contribution in [3.05, 3.63) is 35.1 Å². The van der Waals surface area contributed by atoms with Gasteiger partial charge in [-0.15, -0.1) is 10.2 Å². The molecule has 22 heavy (non-hydrogen) atoms. The topological polar surface area (TPSA) is 64.1 Å². The van der Waals surface area contributed by atoms with E-state index in [9.17, 15) is 22.4 Å². The third kappa shape index (κ3) is 4.13. The normalized spacial score (nSPS) is 12.8. The van der Waals surface area contributed by atoms with Gasteiger partial charge in [0.25, 0.3) is 5.91 Å². The number of nitrogens with zero attached hydrogens (tertiary/aromatic N) is 2. The Balaban J connectivity index is 1.98. The first-order valence-corrected chi connectivity index (χ1v) is 6.71. The largest absolute Gasteiger partial charge is 0.481 e. The Kier molecular flexibility index (Phi) is 4.59. The maximum absolute atomic E-state index is 13.0. The predicted molar refractivity (Wildman–Crippen MR) is 70.0 cm³/mol. The van der Waals surface area contributed by atoms with E-state index in [-0.39, 0.29) is 22.2 Å². The molecule has 1 atom stereocenters. The van der Waals surface area contributed by atoms with Crippen molar-refractivity contribution in [2.45, 2.75) is 19.2 Å². The molecule has 0 fully saturated rings. The van der Waals surface area contributed by atoms with E-state index in [2.05, 4.69) is 15.5 Å². The number of nitrogens with one attached hydrogen (secondary N) is 1. The summed E-state index contributed by atoms with van der Waals surface area (Å²) in [5.74, 6) is -1.14. The van der Waals surface area contributed by atoms with Gasteiger partial charge in [0.05, 0.1) is 0 Å². The van der Waals surface area contributed by atoms with Crippen LogP contribution in [-0.4, -0.2) is 22.2 Å². The summed E-state index contributed by atoms with van der Waals surface area (Å²) in [5, 5.41) is 6.85. The lowest BCUT2D eigenvalue weighted by Gasteiger charge is -2.13. The van der Waals surface area contributed by atoms with Gasteiger partial charge in [-0.2, -0.15) is 13.2 Å². The highest BCUT2D eigenvalue weighted by atomic mass is 32.1. The van der Waals surface area contributed by atoms with Crippen molar-refractivity contribution in [1.82, 2.24) is 10.2 Å². The summed E-state index contributed by atoms with van der Waals surface area (Å²) in [4.78, 5) is 11.8. The Labute approximate surface area is 125 Å². The van der Waals surface area contributed by atoms with Gasteiger partial charge in [0.15, 0.2) is 6.10 Å². The SMILES string of the molecule is CC(Oc1cccc(F)c1)C(=O)Nc1nnc(C(F)(F)F)s1. The lowest BCUT2D eigenvalue weighted by Crippen LogP contribution is -2.30. The minimum absolute atomic E-state index is 0.121.